The van der Waals surface area contributed by atoms with Crippen molar-refractivity contribution in [2.75, 3.05) is 0 Å². The van der Waals surface area contributed by atoms with E-state index >= 15 is 0 Å². The maximum Gasteiger partial charge on any atom is 0.244 e. The van der Waals surface area contributed by atoms with Crippen LogP contribution in [0.15, 0.2) is 11.6 Å². The zero-order chi connectivity index (χ0) is 10.6. The maximum atomic E-state index is 10.6. The normalized spacial score (nSPS) is 15.6. The van der Waals surface area contributed by atoms with Gasteiger partial charge >= 0.3 is 0 Å². The van der Waals surface area contributed by atoms with Gasteiger partial charge in [0, 0.05) is 18.5 Å². The summed E-state index contributed by atoms with van der Waals surface area (Å²) in [4.78, 5) is 10.6. The molecule has 13 heavy (non-hydrogen) atoms. The SMILES string of the molecule is C/C(=C\C(C)NC(C)(O)O)C(N)=O. The number of nitrogens with two attached hydrogens (primary N) is 1. The summed E-state index contributed by atoms with van der Waals surface area (Å²) in [7, 11) is 0. The first kappa shape index (κ1) is 12.1. The monoisotopic (exact) mass is 188 g/mol. The average molecular weight is 188 g/mol. The lowest BCUT2D eigenvalue weighted by Gasteiger charge is -2.21. The van der Waals surface area contributed by atoms with E-state index in [1.54, 1.807) is 13.8 Å². The predicted octanol–water partition coefficient (Wildman–Crippen LogP) is -0.946. The molecule has 0 bridgehead atoms. The van der Waals surface area contributed by atoms with Gasteiger partial charge in [-0.2, -0.15) is 0 Å². The minimum atomic E-state index is -1.95. The molecule has 0 saturated carbocycles. The number of rotatable bonds is 4. The van der Waals surface area contributed by atoms with Crippen LogP contribution in [0.2, 0.25) is 0 Å². The van der Waals surface area contributed by atoms with Crippen molar-refractivity contribution in [3.8, 4) is 0 Å². The average Bonchev–Trinajstić information content (AvgIpc) is 1.81. The molecule has 0 fully saturated rings. The van der Waals surface area contributed by atoms with Gasteiger partial charge in [-0.15, -0.1) is 0 Å². The predicted molar refractivity (Wildman–Crippen MR) is 48.4 cm³/mol. The number of amides is 1. The smallest absolute Gasteiger partial charge is 0.244 e. The Bertz CT molecular complexity index is 218. The second kappa shape index (κ2) is 4.36. The molecular weight excluding hydrogens is 172 g/mol. The first-order valence-electron chi connectivity index (χ1n) is 3.93. The first-order valence-corrected chi connectivity index (χ1v) is 3.93. The molecule has 0 aromatic heterocycles. The molecule has 5 nitrogen and oxygen atoms in total. The third-order valence-electron chi connectivity index (χ3n) is 1.39. The highest BCUT2D eigenvalue weighted by molar-refractivity contribution is 5.91. The van der Waals surface area contributed by atoms with Crippen molar-refractivity contribution in [3.05, 3.63) is 11.6 Å². The van der Waals surface area contributed by atoms with Crippen LogP contribution >= 0.6 is 0 Å². The molecule has 0 aliphatic rings. The van der Waals surface area contributed by atoms with Gasteiger partial charge in [0.1, 0.15) is 0 Å². The lowest BCUT2D eigenvalue weighted by atomic mass is 10.2. The molecule has 0 rings (SSSR count). The molecule has 0 spiro atoms. The number of nitrogens with one attached hydrogen (secondary N) is 1. The molecule has 76 valence electrons. The van der Waals surface area contributed by atoms with Crippen LogP contribution < -0.4 is 11.1 Å². The Kier molecular flexibility index (Phi) is 4.06. The second-order valence-corrected chi connectivity index (χ2v) is 3.17. The molecule has 1 unspecified atom stereocenters. The van der Waals surface area contributed by atoms with E-state index in [0.29, 0.717) is 5.57 Å². The molecule has 0 aromatic carbocycles. The highest BCUT2D eigenvalue weighted by atomic mass is 16.5. The Morgan fingerprint density at radius 1 is 1.62 bits per heavy atom. The van der Waals surface area contributed by atoms with Crippen LogP contribution in [0, 0.1) is 0 Å². The van der Waals surface area contributed by atoms with Crippen molar-refractivity contribution in [2.24, 2.45) is 5.73 Å². The van der Waals surface area contributed by atoms with Crippen LogP contribution in [-0.2, 0) is 4.79 Å². The van der Waals surface area contributed by atoms with Crippen molar-refractivity contribution >= 4 is 5.91 Å². The van der Waals surface area contributed by atoms with Crippen molar-refractivity contribution in [2.45, 2.75) is 32.7 Å². The van der Waals surface area contributed by atoms with Gasteiger partial charge in [-0.3, -0.25) is 10.1 Å². The van der Waals surface area contributed by atoms with Crippen molar-refractivity contribution in [1.82, 2.24) is 5.32 Å². The van der Waals surface area contributed by atoms with Gasteiger partial charge in [-0.1, -0.05) is 6.08 Å². The third kappa shape index (κ3) is 6.27. The highest BCUT2D eigenvalue weighted by Crippen LogP contribution is 1.99. The summed E-state index contributed by atoms with van der Waals surface area (Å²) < 4.78 is 0. The Labute approximate surface area is 77.2 Å². The summed E-state index contributed by atoms with van der Waals surface area (Å²) in [6.07, 6.45) is 1.52. The van der Waals surface area contributed by atoms with E-state index in [2.05, 4.69) is 5.32 Å². The van der Waals surface area contributed by atoms with Crippen LogP contribution in [0.4, 0.5) is 0 Å². The fourth-order valence-corrected chi connectivity index (χ4v) is 0.930. The molecule has 0 heterocycles. The summed E-state index contributed by atoms with van der Waals surface area (Å²) in [5.41, 5.74) is 5.37. The molecule has 1 amide bonds. The van der Waals surface area contributed by atoms with E-state index in [1.807, 2.05) is 0 Å². The van der Waals surface area contributed by atoms with E-state index in [0.717, 1.165) is 0 Å². The largest absolute Gasteiger partial charge is 0.366 e. The zero-order valence-corrected chi connectivity index (χ0v) is 8.03. The van der Waals surface area contributed by atoms with E-state index in [4.69, 9.17) is 15.9 Å². The lowest BCUT2D eigenvalue weighted by Crippen LogP contribution is -2.46. The standard InChI is InChI=1S/C8H16N2O3/c1-5(7(9)11)4-6(2)10-8(3,12)13/h4,6,10,12-13H,1-3H3,(H2,9,11)/b5-4+. The molecule has 1 atom stereocenters. The minimum Gasteiger partial charge on any atom is -0.366 e. The van der Waals surface area contributed by atoms with Crippen molar-refractivity contribution in [1.29, 1.82) is 0 Å². The summed E-state index contributed by atoms with van der Waals surface area (Å²) in [6, 6.07) is -0.340. The summed E-state index contributed by atoms with van der Waals surface area (Å²) >= 11 is 0. The zero-order valence-electron chi connectivity index (χ0n) is 8.03. The number of aliphatic hydroxyl groups is 2. The van der Waals surface area contributed by atoms with Gasteiger partial charge in [0.15, 0.2) is 0 Å². The Morgan fingerprint density at radius 3 is 2.38 bits per heavy atom. The Hall–Kier alpha value is -0.910. The van der Waals surface area contributed by atoms with E-state index in [-0.39, 0.29) is 6.04 Å². The van der Waals surface area contributed by atoms with Crippen molar-refractivity contribution in [3.63, 3.8) is 0 Å². The molecular formula is C8H16N2O3. The van der Waals surface area contributed by atoms with E-state index < -0.39 is 11.8 Å². The Balaban J connectivity index is 4.23. The number of hydrogen-bond donors (Lipinski definition) is 4. The van der Waals surface area contributed by atoms with Crippen LogP contribution in [0.5, 0.6) is 0 Å². The summed E-state index contributed by atoms with van der Waals surface area (Å²) in [5.74, 6) is -2.47. The summed E-state index contributed by atoms with van der Waals surface area (Å²) in [5, 5.41) is 20.3. The number of carbonyl (C=O) groups is 1. The number of primary amides is 1. The highest BCUT2D eigenvalue weighted by Gasteiger charge is 2.16. The minimum absolute atomic E-state index is 0.340. The molecule has 5 heteroatoms. The van der Waals surface area contributed by atoms with Gasteiger partial charge in [-0.25, -0.2) is 0 Å². The van der Waals surface area contributed by atoms with Gasteiger partial charge < -0.3 is 15.9 Å². The van der Waals surface area contributed by atoms with Gasteiger partial charge in [0.25, 0.3) is 0 Å². The van der Waals surface area contributed by atoms with Crippen molar-refractivity contribution < 1.29 is 15.0 Å². The molecule has 0 aliphatic carbocycles. The molecule has 0 radical (unpaired) electrons. The molecule has 5 N–H and O–H groups in total. The molecule has 0 aromatic rings. The van der Waals surface area contributed by atoms with Gasteiger partial charge in [-0.05, 0) is 13.8 Å². The van der Waals surface area contributed by atoms with Crippen LogP contribution in [0.25, 0.3) is 0 Å². The first-order chi connectivity index (χ1) is 5.72. The van der Waals surface area contributed by atoms with Crippen LogP contribution in [0.3, 0.4) is 0 Å². The van der Waals surface area contributed by atoms with E-state index in [9.17, 15) is 4.79 Å². The number of hydrogen-bond acceptors (Lipinski definition) is 4. The van der Waals surface area contributed by atoms with Gasteiger partial charge in [0.2, 0.25) is 11.8 Å². The third-order valence-corrected chi connectivity index (χ3v) is 1.39. The van der Waals surface area contributed by atoms with Crippen LogP contribution in [0.1, 0.15) is 20.8 Å². The second-order valence-electron chi connectivity index (χ2n) is 3.17. The summed E-state index contributed by atoms with van der Waals surface area (Å²) in [6.45, 7) is 4.43. The van der Waals surface area contributed by atoms with Gasteiger partial charge in [0.05, 0.1) is 0 Å². The lowest BCUT2D eigenvalue weighted by molar-refractivity contribution is -0.172. The topological polar surface area (TPSA) is 95.6 Å². The number of carbonyl (C=O) groups excluding carboxylic acids is 1. The molecule has 0 aliphatic heterocycles. The molecule has 0 saturated heterocycles. The Morgan fingerprint density at radius 2 is 2.08 bits per heavy atom. The fourth-order valence-electron chi connectivity index (χ4n) is 0.930. The van der Waals surface area contributed by atoms with Crippen LogP contribution in [-0.4, -0.2) is 28.1 Å². The van der Waals surface area contributed by atoms with E-state index in [1.165, 1.54) is 13.0 Å². The fraction of sp³-hybridized carbons (Fsp3) is 0.625. The quantitative estimate of drug-likeness (QED) is 0.338. The maximum absolute atomic E-state index is 10.6.